The molecule has 2 rings (SSSR count). The van der Waals surface area contributed by atoms with Crippen molar-refractivity contribution < 1.29 is 23.8 Å². The lowest BCUT2D eigenvalue weighted by atomic mass is 10.1. The summed E-state index contributed by atoms with van der Waals surface area (Å²) in [4.78, 5) is 30.1. The van der Waals surface area contributed by atoms with E-state index in [2.05, 4.69) is 4.99 Å². The molecule has 0 N–H and O–H groups in total. The molecule has 1 aromatic rings. The zero-order chi connectivity index (χ0) is 18.4. The summed E-state index contributed by atoms with van der Waals surface area (Å²) in [6.45, 7) is 4.15. The Morgan fingerprint density at radius 1 is 1.24 bits per heavy atom. The third-order valence-corrected chi connectivity index (χ3v) is 5.92. The molecule has 0 amide bonds. The average Bonchev–Trinajstić information content (AvgIpc) is 3.00. The van der Waals surface area contributed by atoms with Crippen LogP contribution in [0.5, 0.6) is 0 Å². The first-order chi connectivity index (χ1) is 12.0. The monoisotopic (exact) mass is 383 g/mol. The van der Waals surface area contributed by atoms with Crippen LogP contribution in [-0.4, -0.2) is 44.2 Å². The Bertz CT molecular complexity index is 721. The number of rotatable bonds is 7. The topological polar surface area (TPSA) is 74.2 Å². The van der Waals surface area contributed by atoms with E-state index in [-0.39, 0.29) is 5.97 Å². The summed E-state index contributed by atoms with van der Waals surface area (Å²) in [6.07, 6.45) is 1.51. The molecule has 136 valence electrons. The molecule has 0 aromatic carbocycles. The first-order valence-corrected chi connectivity index (χ1v) is 9.62. The molecule has 1 aromatic heterocycles. The summed E-state index contributed by atoms with van der Waals surface area (Å²) in [7, 11) is 2.82. The van der Waals surface area contributed by atoms with Crippen LogP contribution in [0.3, 0.4) is 0 Å². The Labute approximate surface area is 155 Å². The minimum Gasteiger partial charge on any atom is -0.480 e. The third-order valence-electron chi connectivity index (χ3n) is 3.54. The van der Waals surface area contributed by atoms with Gasteiger partial charge >= 0.3 is 11.9 Å². The van der Waals surface area contributed by atoms with E-state index < -0.39 is 5.97 Å². The van der Waals surface area contributed by atoms with Crippen LogP contribution in [-0.2, 0) is 25.4 Å². The van der Waals surface area contributed by atoms with Gasteiger partial charge in [-0.2, -0.15) is 0 Å². The number of esters is 2. The summed E-state index contributed by atoms with van der Waals surface area (Å²) in [6, 6.07) is 1.87. The zero-order valence-corrected chi connectivity index (χ0v) is 16.3. The molecule has 0 spiro atoms. The van der Waals surface area contributed by atoms with Gasteiger partial charge in [-0.15, -0.1) is 23.1 Å². The molecular formula is C17H21NO5S2. The zero-order valence-electron chi connectivity index (χ0n) is 14.7. The summed E-state index contributed by atoms with van der Waals surface area (Å²) in [5.41, 5.74) is 2.02. The molecule has 0 atom stereocenters. The van der Waals surface area contributed by atoms with Crippen molar-refractivity contribution in [2.45, 2.75) is 26.7 Å². The number of methoxy groups -OCH3 is 2. The first kappa shape index (κ1) is 19.5. The number of carbonyl (C=O) groups excluding carboxylic acids is 2. The van der Waals surface area contributed by atoms with E-state index in [1.165, 1.54) is 37.3 Å². The molecule has 0 fully saturated rings. The van der Waals surface area contributed by atoms with E-state index in [0.717, 1.165) is 29.0 Å². The molecule has 0 aliphatic carbocycles. The molecule has 1 aliphatic heterocycles. The molecule has 0 unspecified atom stereocenters. The number of ether oxygens (including phenoxy) is 3. The summed E-state index contributed by atoms with van der Waals surface area (Å²) in [5, 5.41) is 0. The largest absolute Gasteiger partial charge is 0.480 e. The molecular weight excluding hydrogens is 362 g/mol. The van der Waals surface area contributed by atoms with E-state index in [0.29, 0.717) is 28.0 Å². The van der Waals surface area contributed by atoms with Gasteiger partial charge in [0.2, 0.25) is 5.88 Å². The van der Waals surface area contributed by atoms with Gasteiger partial charge in [-0.05, 0) is 38.3 Å². The summed E-state index contributed by atoms with van der Waals surface area (Å²) in [5.74, 6) is 0.206. The quantitative estimate of drug-likeness (QED) is 0.672. The van der Waals surface area contributed by atoms with Crippen molar-refractivity contribution in [3.8, 4) is 0 Å². The van der Waals surface area contributed by atoms with Crippen LogP contribution in [0.15, 0.2) is 21.8 Å². The van der Waals surface area contributed by atoms with Gasteiger partial charge in [-0.1, -0.05) is 0 Å². The summed E-state index contributed by atoms with van der Waals surface area (Å²) >= 11 is 2.83. The van der Waals surface area contributed by atoms with Gasteiger partial charge in [0.1, 0.15) is 4.88 Å². The maximum Gasteiger partial charge on any atom is 0.349 e. The van der Waals surface area contributed by atoms with Gasteiger partial charge in [0.25, 0.3) is 0 Å². The predicted molar refractivity (Wildman–Crippen MR) is 99.3 cm³/mol. The maximum atomic E-state index is 11.8. The number of thiophene rings is 1. The van der Waals surface area contributed by atoms with E-state index >= 15 is 0 Å². The van der Waals surface area contributed by atoms with E-state index in [1.54, 1.807) is 6.92 Å². The van der Waals surface area contributed by atoms with Crippen molar-refractivity contribution in [1.29, 1.82) is 0 Å². The summed E-state index contributed by atoms with van der Waals surface area (Å²) < 4.78 is 15.0. The highest BCUT2D eigenvalue weighted by Crippen LogP contribution is 2.29. The smallest absolute Gasteiger partial charge is 0.349 e. The molecule has 0 bridgehead atoms. The van der Waals surface area contributed by atoms with Crippen LogP contribution < -0.4 is 0 Å². The Balaban J connectivity index is 2.07. The van der Waals surface area contributed by atoms with Crippen LogP contribution >= 0.6 is 23.1 Å². The molecule has 0 saturated carbocycles. The SMILES string of the molecule is CCOC(=O)c1cc(C)c(CCC2=NC(OC)=C(C(=O)OC)SC2)s1. The van der Waals surface area contributed by atoms with E-state index in [1.807, 2.05) is 13.0 Å². The lowest BCUT2D eigenvalue weighted by Gasteiger charge is -2.16. The fourth-order valence-electron chi connectivity index (χ4n) is 2.28. The highest BCUT2D eigenvalue weighted by atomic mass is 32.2. The number of aryl methyl sites for hydroxylation is 2. The number of aliphatic imine (C=N–C) groups is 1. The number of thioether (sulfide) groups is 1. The highest BCUT2D eigenvalue weighted by Gasteiger charge is 2.23. The Morgan fingerprint density at radius 3 is 2.64 bits per heavy atom. The number of nitrogens with zero attached hydrogens (tertiary/aromatic N) is 1. The molecule has 1 aliphatic rings. The second kappa shape index (κ2) is 9.05. The average molecular weight is 383 g/mol. The normalized spacial score (nSPS) is 14.2. The molecule has 8 heteroatoms. The molecule has 6 nitrogen and oxygen atoms in total. The van der Waals surface area contributed by atoms with Crippen molar-refractivity contribution in [2.24, 2.45) is 4.99 Å². The second-order valence-corrected chi connectivity index (χ2v) is 7.36. The van der Waals surface area contributed by atoms with Crippen LogP contribution in [0.2, 0.25) is 0 Å². The highest BCUT2D eigenvalue weighted by molar-refractivity contribution is 8.04. The molecule has 25 heavy (non-hydrogen) atoms. The Kier molecular flexibility index (Phi) is 7.07. The van der Waals surface area contributed by atoms with Gasteiger partial charge < -0.3 is 14.2 Å². The number of hydrogen-bond acceptors (Lipinski definition) is 8. The van der Waals surface area contributed by atoms with Gasteiger partial charge in [0.05, 0.1) is 20.8 Å². The van der Waals surface area contributed by atoms with Crippen molar-refractivity contribution in [2.75, 3.05) is 26.6 Å². The van der Waals surface area contributed by atoms with E-state index in [9.17, 15) is 9.59 Å². The van der Waals surface area contributed by atoms with E-state index in [4.69, 9.17) is 14.2 Å². The van der Waals surface area contributed by atoms with Crippen LogP contribution in [0.4, 0.5) is 0 Å². The minimum absolute atomic E-state index is 0.278. The second-order valence-electron chi connectivity index (χ2n) is 5.23. The van der Waals surface area contributed by atoms with Gasteiger partial charge in [-0.3, -0.25) is 0 Å². The standard InChI is InChI=1S/C17H21NO5S2/c1-5-23-16(19)13-8-10(2)12(25-13)7-6-11-9-24-14(17(20)22-4)15(18-11)21-3/h8H,5-7,9H2,1-4H3. The lowest BCUT2D eigenvalue weighted by Crippen LogP contribution is -2.15. The fourth-order valence-corrected chi connectivity index (χ4v) is 4.32. The van der Waals surface area contributed by atoms with Gasteiger partial charge in [0.15, 0.2) is 4.91 Å². The van der Waals surface area contributed by atoms with Crippen molar-refractivity contribution in [1.82, 2.24) is 0 Å². The van der Waals surface area contributed by atoms with Crippen LogP contribution in [0.25, 0.3) is 0 Å². The van der Waals surface area contributed by atoms with Crippen molar-refractivity contribution in [3.05, 3.63) is 32.2 Å². The van der Waals surface area contributed by atoms with Gasteiger partial charge in [-0.25, -0.2) is 14.6 Å². The Morgan fingerprint density at radius 2 is 2.00 bits per heavy atom. The molecule has 0 saturated heterocycles. The first-order valence-electron chi connectivity index (χ1n) is 7.82. The Hall–Kier alpha value is -1.80. The van der Waals surface area contributed by atoms with Crippen LogP contribution in [0, 0.1) is 6.92 Å². The fraction of sp³-hybridized carbons (Fsp3) is 0.471. The predicted octanol–water partition coefficient (Wildman–Crippen LogP) is 3.34. The third kappa shape index (κ3) is 4.85. The maximum absolute atomic E-state index is 11.8. The van der Waals surface area contributed by atoms with Gasteiger partial charge in [0, 0.05) is 16.3 Å². The number of carbonyl (C=O) groups is 2. The lowest BCUT2D eigenvalue weighted by molar-refractivity contribution is -0.135. The molecule has 0 radical (unpaired) electrons. The minimum atomic E-state index is -0.433. The van der Waals surface area contributed by atoms with Crippen LogP contribution in [0.1, 0.15) is 33.5 Å². The number of hydrogen-bond donors (Lipinski definition) is 0. The molecule has 2 heterocycles. The van der Waals surface area contributed by atoms with Crippen molar-refractivity contribution in [3.63, 3.8) is 0 Å². The van der Waals surface area contributed by atoms with Crippen molar-refractivity contribution >= 4 is 40.7 Å².